The smallest absolute Gasteiger partial charge is 0.310 e. The number of nitrogens with one attached hydrogen (secondary N) is 1. The Kier molecular flexibility index (Phi) is 5.04. The fourth-order valence-electron chi connectivity index (χ4n) is 2.48. The highest BCUT2D eigenvalue weighted by Crippen LogP contribution is 2.16. The number of rotatable bonds is 5. The number of hydrogen-bond donors (Lipinski definition) is 1. The fraction of sp³-hybridized carbons (Fsp3) is 0.100. The predicted octanol–water partition coefficient (Wildman–Crippen LogP) is 3.70. The van der Waals surface area contributed by atoms with Crippen molar-refractivity contribution >= 4 is 28.3 Å². The lowest BCUT2D eigenvalue weighted by Gasteiger charge is -2.07. The molecule has 0 fully saturated rings. The third-order valence-corrected chi connectivity index (χ3v) is 3.63. The molecular formula is C20H16FNO3. The van der Waals surface area contributed by atoms with E-state index in [4.69, 9.17) is 4.74 Å². The summed E-state index contributed by atoms with van der Waals surface area (Å²) >= 11 is 0. The van der Waals surface area contributed by atoms with Crippen molar-refractivity contribution in [2.24, 2.45) is 0 Å². The third-order valence-electron chi connectivity index (χ3n) is 3.63. The zero-order valence-corrected chi connectivity index (χ0v) is 13.4. The summed E-state index contributed by atoms with van der Waals surface area (Å²) in [5.74, 6) is -1.46. The van der Waals surface area contributed by atoms with Gasteiger partial charge in [-0.1, -0.05) is 48.5 Å². The number of anilines is 1. The van der Waals surface area contributed by atoms with E-state index in [1.165, 1.54) is 18.2 Å². The Hall–Kier alpha value is -3.21. The predicted molar refractivity (Wildman–Crippen MR) is 93.6 cm³/mol. The summed E-state index contributed by atoms with van der Waals surface area (Å²) < 4.78 is 18.0. The first-order valence-corrected chi connectivity index (χ1v) is 7.79. The zero-order chi connectivity index (χ0) is 17.6. The van der Waals surface area contributed by atoms with E-state index in [-0.39, 0.29) is 6.42 Å². The quantitative estimate of drug-likeness (QED) is 0.722. The monoisotopic (exact) mass is 337 g/mol. The molecule has 3 aromatic carbocycles. The number of ether oxygens (including phenoxy) is 1. The van der Waals surface area contributed by atoms with Gasteiger partial charge in [-0.25, -0.2) is 4.39 Å². The van der Waals surface area contributed by atoms with Crippen molar-refractivity contribution in [3.63, 3.8) is 0 Å². The van der Waals surface area contributed by atoms with E-state index < -0.39 is 24.3 Å². The van der Waals surface area contributed by atoms with Crippen molar-refractivity contribution in [3.05, 3.63) is 78.1 Å². The first kappa shape index (κ1) is 16.6. The molecule has 0 unspecified atom stereocenters. The van der Waals surface area contributed by atoms with E-state index in [1.54, 1.807) is 6.07 Å². The minimum atomic E-state index is -0.516. The van der Waals surface area contributed by atoms with Gasteiger partial charge < -0.3 is 10.1 Å². The molecular weight excluding hydrogens is 321 g/mol. The summed E-state index contributed by atoms with van der Waals surface area (Å²) in [5, 5.41) is 4.60. The van der Waals surface area contributed by atoms with Crippen molar-refractivity contribution in [2.75, 3.05) is 11.9 Å². The van der Waals surface area contributed by atoms with Crippen molar-refractivity contribution in [1.29, 1.82) is 0 Å². The second-order valence-electron chi connectivity index (χ2n) is 5.58. The molecule has 3 aromatic rings. The number of carbonyl (C=O) groups excluding carboxylic acids is 2. The minimum Gasteiger partial charge on any atom is -0.455 e. The Bertz CT molecular complexity index is 923. The van der Waals surface area contributed by atoms with Gasteiger partial charge >= 0.3 is 5.97 Å². The van der Waals surface area contributed by atoms with Crippen LogP contribution in [0.1, 0.15) is 5.56 Å². The van der Waals surface area contributed by atoms with E-state index >= 15 is 0 Å². The minimum absolute atomic E-state index is 0.0814. The summed E-state index contributed by atoms with van der Waals surface area (Å²) in [6.07, 6.45) is 0.0814. The van der Waals surface area contributed by atoms with E-state index in [2.05, 4.69) is 5.32 Å². The van der Waals surface area contributed by atoms with Crippen LogP contribution in [0.3, 0.4) is 0 Å². The van der Waals surface area contributed by atoms with Crippen molar-refractivity contribution in [2.45, 2.75) is 6.42 Å². The van der Waals surface area contributed by atoms with Crippen LogP contribution in [-0.4, -0.2) is 18.5 Å². The van der Waals surface area contributed by atoms with Crippen molar-refractivity contribution in [3.8, 4) is 0 Å². The van der Waals surface area contributed by atoms with Gasteiger partial charge in [0.2, 0.25) is 0 Å². The highest BCUT2D eigenvalue weighted by Gasteiger charge is 2.09. The molecule has 1 amide bonds. The van der Waals surface area contributed by atoms with Crippen LogP contribution < -0.4 is 5.32 Å². The highest BCUT2D eigenvalue weighted by atomic mass is 19.1. The number of esters is 1. The number of fused-ring (bicyclic) bond motifs is 1. The molecule has 0 radical (unpaired) electrons. The van der Waals surface area contributed by atoms with Gasteiger partial charge in [0.05, 0.1) is 6.42 Å². The standard InChI is InChI=1S/C20H16FNO3/c21-17-6-3-7-18(12-17)22-19(23)13-25-20(24)11-14-8-9-15-4-1-2-5-16(15)10-14/h1-10,12H,11,13H2,(H,22,23). The van der Waals surface area contributed by atoms with Crippen LogP contribution in [0.15, 0.2) is 66.7 Å². The van der Waals surface area contributed by atoms with Crippen LogP contribution in [-0.2, 0) is 20.7 Å². The lowest BCUT2D eigenvalue weighted by atomic mass is 10.1. The van der Waals surface area contributed by atoms with Gasteiger partial charge in [0, 0.05) is 5.69 Å². The molecule has 1 N–H and O–H groups in total. The lowest BCUT2D eigenvalue weighted by Crippen LogP contribution is -2.21. The lowest BCUT2D eigenvalue weighted by molar-refractivity contribution is -0.146. The van der Waals surface area contributed by atoms with Gasteiger partial charge in [0.15, 0.2) is 6.61 Å². The highest BCUT2D eigenvalue weighted by molar-refractivity contribution is 5.93. The van der Waals surface area contributed by atoms with E-state index in [1.807, 2.05) is 42.5 Å². The first-order chi connectivity index (χ1) is 12.1. The molecule has 0 heterocycles. The second kappa shape index (κ2) is 7.57. The van der Waals surface area contributed by atoms with Gasteiger partial charge in [-0.15, -0.1) is 0 Å². The van der Waals surface area contributed by atoms with E-state index in [0.717, 1.165) is 16.3 Å². The summed E-state index contributed by atoms with van der Waals surface area (Å²) in [5.41, 5.74) is 1.13. The number of hydrogen-bond acceptors (Lipinski definition) is 3. The molecule has 0 spiro atoms. The van der Waals surface area contributed by atoms with Gasteiger partial charge in [-0.3, -0.25) is 9.59 Å². The van der Waals surface area contributed by atoms with E-state index in [9.17, 15) is 14.0 Å². The topological polar surface area (TPSA) is 55.4 Å². The van der Waals surface area contributed by atoms with Crippen molar-refractivity contribution in [1.82, 2.24) is 0 Å². The molecule has 0 bridgehead atoms. The first-order valence-electron chi connectivity index (χ1n) is 7.79. The van der Waals surface area contributed by atoms with Gasteiger partial charge in [-0.2, -0.15) is 0 Å². The molecule has 0 aliphatic carbocycles. The molecule has 25 heavy (non-hydrogen) atoms. The summed E-state index contributed by atoms with van der Waals surface area (Å²) in [6, 6.07) is 19.1. The molecule has 126 valence electrons. The molecule has 5 heteroatoms. The zero-order valence-electron chi connectivity index (χ0n) is 13.4. The average Bonchev–Trinajstić information content (AvgIpc) is 2.60. The molecule has 0 saturated heterocycles. The average molecular weight is 337 g/mol. The molecule has 0 saturated carbocycles. The van der Waals surface area contributed by atoms with Crippen LogP contribution in [0.2, 0.25) is 0 Å². The Morgan fingerprint density at radius 2 is 1.72 bits per heavy atom. The summed E-state index contributed by atoms with van der Waals surface area (Å²) in [6.45, 7) is -0.414. The number of carbonyl (C=O) groups is 2. The molecule has 0 aliphatic heterocycles. The molecule has 0 aromatic heterocycles. The van der Waals surface area contributed by atoms with E-state index in [0.29, 0.717) is 5.69 Å². The van der Waals surface area contributed by atoms with Crippen LogP contribution in [0, 0.1) is 5.82 Å². The molecule has 0 aliphatic rings. The van der Waals surface area contributed by atoms with Crippen molar-refractivity contribution < 1.29 is 18.7 Å². The van der Waals surface area contributed by atoms with Crippen LogP contribution in [0.4, 0.5) is 10.1 Å². The number of amides is 1. The summed E-state index contributed by atoms with van der Waals surface area (Å²) in [4.78, 5) is 23.6. The van der Waals surface area contributed by atoms with Crippen LogP contribution in [0.25, 0.3) is 10.8 Å². The molecule has 4 nitrogen and oxygen atoms in total. The maximum Gasteiger partial charge on any atom is 0.310 e. The third kappa shape index (κ3) is 4.64. The second-order valence-corrected chi connectivity index (χ2v) is 5.58. The Morgan fingerprint density at radius 1 is 0.920 bits per heavy atom. The Morgan fingerprint density at radius 3 is 2.52 bits per heavy atom. The Balaban J connectivity index is 1.52. The maximum absolute atomic E-state index is 13.0. The van der Waals surface area contributed by atoms with Gasteiger partial charge in [-0.05, 0) is 34.5 Å². The van der Waals surface area contributed by atoms with Gasteiger partial charge in [0.25, 0.3) is 5.91 Å². The SMILES string of the molecule is O=C(COC(=O)Cc1ccc2ccccc2c1)Nc1cccc(F)c1. The largest absolute Gasteiger partial charge is 0.455 e. The van der Waals surface area contributed by atoms with Crippen LogP contribution in [0.5, 0.6) is 0 Å². The van der Waals surface area contributed by atoms with Crippen LogP contribution >= 0.6 is 0 Å². The number of halogens is 1. The maximum atomic E-state index is 13.0. The fourth-order valence-corrected chi connectivity index (χ4v) is 2.48. The normalized spacial score (nSPS) is 10.4. The molecule has 3 rings (SSSR count). The Labute approximate surface area is 144 Å². The summed E-state index contributed by atoms with van der Waals surface area (Å²) in [7, 11) is 0. The molecule has 0 atom stereocenters. The van der Waals surface area contributed by atoms with Gasteiger partial charge in [0.1, 0.15) is 5.82 Å². The number of benzene rings is 3.